The van der Waals surface area contributed by atoms with Gasteiger partial charge in [-0.05, 0) is 37.0 Å². The standard InChI is InChI=1S/C15H19FN2O2S/c1-18(11-12-4-2-5-12)21(19,20)14-8-7-13(6-3-9-17)15(16)10-14/h7-8,10,12H,2,4-5,9,11,17H2,1H3. The summed E-state index contributed by atoms with van der Waals surface area (Å²) in [5, 5.41) is 0. The third-order valence-electron chi connectivity index (χ3n) is 3.71. The Morgan fingerprint density at radius 3 is 2.67 bits per heavy atom. The van der Waals surface area contributed by atoms with Crippen LogP contribution in [0.5, 0.6) is 0 Å². The molecular formula is C15H19FN2O2S. The van der Waals surface area contributed by atoms with Crippen LogP contribution in [0.1, 0.15) is 24.8 Å². The summed E-state index contributed by atoms with van der Waals surface area (Å²) in [5.41, 5.74) is 5.39. The van der Waals surface area contributed by atoms with Crippen LogP contribution in [-0.4, -0.2) is 32.9 Å². The van der Waals surface area contributed by atoms with Gasteiger partial charge in [-0.25, -0.2) is 17.1 Å². The van der Waals surface area contributed by atoms with Crippen LogP contribution < -0.4 is 5.73 Å². The summed E-state index contributed by atoms with van der Waals surface area (Å²) >= 11 is 0. The van der Waals surface area contributed by atoms with Crippen molar-refractivity contribution in [1.29, 1.82) is 0 Å². The van der Waals surface area contributed by atoms with Crippen LogP contribution in [-0.2, 0) is 10.0 Å². The summed E-state index contributed by atoms with van der Waals surface area (Å²) in [7, 11) is -2.11. The highest BCUT2D eigenvalue weighted by atomic mass is 32.2. The molecule has 21 heavy (non-hydrogen) atoms. The van der Waals surface area contributed by atoms with Gasteiger partial charge in [-0.1, -0.05) is 18.3 Å². The van der Waals surface area contributed by atoms with Crippen molar-refractivity contribution in [2.24, 2.45) is 11.7 Å². The summed E-state index contributed by atoms with van der Waals surface area (Å²) in [5.74, 6) is 4.89. The summed E-state index contributed by atoms with van der Waals surface area (Å²) in [4.78, 5) is -0.0416. The van der Waals surface area contributed by atoms with E-state index in [4.69, 9.17) is 5.73 Å². The van der Waals surface area contributed by atoms with Gasteiger partial charge in [0.15, 0.2) is 0 Å². The maximum atomic E-state index is 13.9. The Kier molecular flexibility index (Phi) is 4.99. The molecule has 114 valence electrons. The van der Waals surface area contributed by atoms with Gasteiger partial charge < -0.3 is 5.73 Å². The molecule has 0 amide bonds. The van der Waals surface area contributed by atoms with Crippen molar-refractivity contribution in [3.8, 4) is 11.8 Å². The molecule has 1 aromatic rings. The second-order valence-corrected chi connectivity index (χ2v) is 7.27. The molecule has 0 aromatic heterocycles. The van der Waals surface area contributed by atoms with E-state index in [0.29, 0.717) is 12.5 Å². The highest BCUT2D eigenvalue weighted by Gasteiger charge is 2.27. The summed E-state index contributed by atoms with van der Waals surface area (Å²) in [6, 6.07) is 3.78. The van der Waals surface area contributed by atoms with Crippen molar-refractivity contribution >= 4 is 10.0 Å². The summed E-state index contributed by atoms with van der Waals surface area (Å²) in [6.45, 7) is 0.613. The Balaban J connectivity index is 2.21. The third kappa shape index (κ3) is 3.62. The number of hydrogen-bond acceptors (Lipinski definition) is 3. The van der Waals surface area contributed by atoms with Crippen LogP contribution in [0.25, 0.3) is 0 Å². The van der Waals surface area contributed by atoms with Gasteiger partial charge in [0.1, 0.15) is 5.82 Å². The lowest BCUT2D eigenvalue weighted by Gasteiger charge is -2.29. The quantitative estimate of drug-likeness (QED) is 0.858. The van der Waals surface area contributed by atoms with Crippen molar-refractivity contribution in [1.82, 2.24) is 4.31 Å². The minimum absolute atomic E-state index is 0.0416. The van der Waals surface area contributed by atoms with E-state index < -0.39 is 15.8 Å². The van der Waals surface area contributed by atoms with E-state index in [2.05, 4.69) is 11.8 Å². The summed E-state index contributed by atoms with van der Waals surface area (Å²) < 4.78 is 40.0. The van der Waals surface area contributed by atoms with Crippen LogP contribution in [0.3, 0.4) is 0 Å². The minimum Gasteiger partial charge on any atom is -0.320 e. The van der Waals surface area contributed by atoms with E-state index in [1.54, 1.807) is 0 Å². The molecule has 0 heterocycles. The first-order chi connectivity index (χ1) is 9.95. The van der Waals surface area contributed by atoms with Crippen LogP contribution in [0.15, 0.2) is 23.1 Å². The van der Waals surface area contributed by atoms with Crippen molar-refractivity contribution < 1.29 is 12.8 Å². The normalized spacial score (nSPS) is 15.4. The van der Waals surface area contributed by atoms with E-state index in [1.165, 1.54) is 23.5 Å². The predicted molar refractivity (Wildman–Crippen MR) is 79.5 cm³/mol. The Morgan fingerprint density at radius 1 is 1.43 bits per heavy atom. The topological polar surface area (TPSA) is 63.4 Å². The van der Waals surface area contributed by atoms with Gasteiger partial charge >= 0.3 is 0 Å². The molecule has 1 aliphatic carbocycles. The first-order valence-electron chi connectivity index (χ1n) is 6.90. The smallest absolute Gasteiger partial charge is 0.242 e. The fraction of sp³-hybridized carbons (Fsp3) is 0.467. The van der Waals surface area contributed by atoms with Gasteiger partial charge in [0.2, 0.25) is 10.0 Å². The maximum absolute atomic E-state index is 13.9. The molecule has 0 atom stereocenters. The van der Waals surface area contributed by atoms with Gasteiger partial charge in [-0.2, -0.15) is 0 Å². The first kappa shape index (κ1) is 16.0. The Labute approximate surface area is 125 Å². The van der Waals surface area contributed by atoms with Crippen molar-refractivity contribution in [2.45, 2.75) is 24.2 Å². The number of nitrogens with two attached hydrogens (primary N) is 1. The highest BCUT2D eigenvalue weighted by molar-refractivity contribution is 7.89. The molecule has 0 radical (unpaired) electrons. The number of rotatable bonds is 4. The average Bonchev–Trinajstić information content (AvgIpc) is 2.41. The molecule has 1 aliphatic rings. The molecule has 0 aliphatic heterocycles. The summed E-state index contributed by atoms with van der Waals surface area (Å²) in [6.07, 6.45) is 3.27. The first-order valence-corrected chi connectivity index (χ1v) is 8.34. The number of nitrogens with zero attached hydrogens (tertiary/aromatic N) is 1. The lowest BCUT2D eigenvalue weighted by Crippen LogP contribution is -2.34. The Bertz CT molecular complexity index is 673. The number of benzene rings is 1. The second kappa shape index (κ2) is 6.56. The SMILES string of the molecule is CN(CC1CCC1)S(=O)(=O)c1ccc(C#CCN)c(F)c1. The van der Waals surface area contributed by atoms with Gasteiger partial charge in [-0.3, -0.25) is 0 Å². The molecule has 2 rings (SSSR count). The number of halogens is 1. The van der Waals surface area contributed by atoms with E-state index in [0.717, 1.165) is 25.3 Å². The molecule has 1 fully saturated rings. The van der Waals surface area contributed by atoms with Crippen LogP contribution in [0.2, 0.25) is 0 Å². The second-order valence-electron chi connectivity index (χ2n) is 5.23. The Morgan fingerprint density at radius 2 is 2.14 bits per heavy atom. The fourth-order valence-electron chi connectivity index (χ4n) is 2.22. The van der Waals surface area contributed by atoms with E-state index in [-0.39, 0.29) is 17.0 Å². The number of hydrogen-bond donors (Lipinski definition) is 1. The van der Waals surface area contributed by atoms with Crippen LogP contribution in [0, 0.1) is 23.6 Å². The Hall–Kier alpha value is -1.42. The monoisotopic (exact) mass is 310 g/mol. The van der Waals surface area contributed by atoms with Crippen molar-refractivity contribution in [3.05, 3.63) is 29.6 Å². The lowest BCUT2D eigenvalue weighted by atomic mass is 9.86. The molecule has 0 spiro atoms. The molecule has 2 N–H and O–H groups in total. The highest BCUT2D eigenvalue weighted by Crippen LogP contribution is 2.28. The molecule has 0 saturated heterocycles. The molecule has 4 nitrogen and oxygen atoms in total. The molecule has 0 bridgehead atoms. The average molecular weight is 310 g/mol. The molecule has 1 aromatic carbocycles. The van der Waals surface area contributed by atoms with Gasteiger partial charge in [0.05, 0.1) is 17.0 Å². The number of sulfonamides is 1. The zero-order valence-corrected chi connectivity index (χ0v) is 12.8. The van der Waals surface area contributed by atoms with Crippen molar-refractivity contribution in [3.63, 3.8) is 0 Å². The molecule has 6 heteroatoms. The third-order valence-corrected chi connectivity index (χ3v) is 5.53. The van der Waals surface area contributed by atoms with E-state index in [1.807, 2.05) is 0 Å². The maximum Gasteiger partial charge on any atom is 0.242 e. The largest absolute Gasteiger partial charge is 0.320 e. The zero-order valence-electron chi connectivity index (χ0n) is 12.0. The van der Waals surface area contributed by atoms with Gasteiger partial charge in [-0.15, -0.1) is 0 Å². The minimum atomic E-state index is -3.65. The van der Waals surface area contributed by atoms with Crippen molar-refractivity contribution in [2.75, 3.05) is 20.1 Å². The van der Waals surface area contributed by atoms with Crippen LogP contribution in [0.4, 0.5) is 4.39 Å². The molecule has 0 unspecified atom stereocenters. The van der Waals surface area contributed by atoms with E-state index >= 15 is 0 Å². The van der Waals surface area contributed by atoms with E-state index in [9.17, 15) is 12.8 Å². The molecule has 1 saturated carbocycles. The molecular weight excluding hydrogens is 291 g/mol. The lowest BCUT2D eigenvalue weighted by molar-refractivity contribution is 0.263. The van der Waals surface area contributed by atoms with Gasteiger partial charge in [0.25, 0.3) is 0 Å². The van der Waals surface area contributed by atoms with Gasteiger partial charge in [0, 0.05) is 13.6 Å². The van der Waals surface area contributed by atoms with Crippen LogP contribution >= 0.6 is 0 Å². The fourth-order valence-corrected chi connectivity index (χ4v) is 3.48. The predicted octanol–water partition coefficient (Wildman–Crippen LogP) is 1.56. The zero-order chi connectivity index (χ0) is 15.5.